The maximum absolute atomic E-state index is 13.0. The fraction of sp³-hybridized carbons (Fsp3) is 0.500. The van der Waals surface area contributed by atoms with Gasteiger partial charge in [0.25, 0.3) is 5.91 Å². The number of carbonyl (C=O) groups is 3. The summed E-state index contributed by atoms with van der Waals surface area (Å²) in [6, 6.07) is 3.81. The van der Waals surface area contributed by atoms with Gasteiger partial charge in [0, 0.05) is 13.1 Å². The highest BCUT2D eigenvalue weighted by atomic mass is 32.2. The highest BCUT2D eigenvalue weighted by molar-refractivity contribution is 7.91. The van der Waals surface area contributed by atoms with E-state index >= 15 is 0 Å². The van der Waals surface area contributed by atoms with Crippen molar-refractivity contribution < 1.29 is 32.3 Å². The van der Waals surface area contributed by atoms with E-state index in [1.807, 2.05) is 0 Å². The largest absolute Gasteiger partial charge is 0.454 e. The highest BCUT2D eigenvalue weighted by Gasteiger charge is 2.50. The van der Waals surface area contributed by atoms with E-state index in [9.17, 15) is 22.8 Å². The number of rotatable bonds is 4. The van der Waals surface area contributed by atoms with Crippen molar-refractivity contribution in [3.63, 3.8) is 0 Å². The van der Waals surface area contributed by atoms with Crippen LogP contribution in [0, 0.1) is 0 Å². The third-order valence-electron chi connectivity index (χ3n) is 5.67. The Balaban J connectivity index is 1.50. The Kier molecular flexibility index (Phi) is 4.45. The Morgan fingerprint density at radius 2 is 2.03 bits per heavy atom. The minimum Gasteiger partial charge on any atom is -0.454 e. The molecule has 4 rings (SSSR count). The van der Waals surface area contributed by atoms with Gasteiger partial charge in [-0.05, 0) is 31.0 Å². The lowest BCUT2D eigenvalue weighted by atomic mass is 9.91. The molecule has 1 N–H and O–H groups in total. The number of nitrogens with one attached hydrogen (secondary N) is 1. The quantitative estimate of drug-likeness (QED) is 0.667. The molecule has 0 bridgehead atoms. The molecule has 0 saturated carbocycles. The Bertz CT molecular complexity index is 1010. The Hall–Kier alpha value is -2.82. The van der Waals surface area contributed by atoms with Gasteiger partial charge in [0.1, 0.15) is 12.1 Å². The first-order valence-electron chi connectivity index (χ1n) is 9.11. The predicted octanol–water partition coefficient (Wildman–Crippen LogP) is -0.172. The number of hydrogen-bond donors (Lipinski definition) is 1. The number of likely N-dealkylation sites (N-methyl/N-ethyl adjacent to an activating group) is 1. The molecule has 0 aliphatic carbocycles. The van der Waals surface area contributed by atoms with E-state index in [4.69, 9.17) is 9.47 Å². The van der Waals surface area contributed by atoms with Crippen LogP contribution in [0.2, 0.25) is 0 Å². The molecule has 2 saturated heterocycles. The number of sulfone groups is 1. The van der Waals surface area contributed by atoms with E-state index in [-0.39, 0.29) is 18.3 Å². The van der Waals surface area contributed by atoms with Gasteiger partial charge in [-0.1, -0.05) is 6.07 Å². The smallest absolute Gasteiger partial charge is 0.325 e. The van der Waals surface area contributed by atoms with Crippen molar-refractivity contribution >= 4 is 27.7 Å². The number of urea groups is 1. The molecule has 0 unspecified atom stereocenters. The third kappa shape index (κ3) is 3.28. The molecule has 0 aromatic heterocycles. The van der Waals surface area contributed by atoms with E-state index in [1.165, 1.54) is 11.9 Å². The van der Waals surface area contributed by atoms with Gasteiger partial charge in [-0.3, -0.25) is 14.5 Å². The number of benzene rings is 1. The first-order chi connectivity index (χ1) is 13.6. The van der Waals surface area contributed by atoms with Crippen molar-refractivity contribution in [1.29, 1.82) is 0 Å². The van der Waals surface area contributed by atoms with E-state index < -0.39 is 45.8 Å². The van der Waals surface area contributed by atoms with E-state index in [2.05, 4.69) is 5.32 Å². The van der Waals surface area contributed by atoms with Gasteiger partial charge in [-0.2, -0.15) is 0 Å². The summed E-state index contributed by atoms with van der Waals surface area (Å²) in [7, 11) is -1.67. The first kappa shape index (κ1) is 19.5. The van der Waals surface area contributed by atoms with Gasteiger partial charge in [-0.15, -0.1) is 0 Å². The van der Waals surface area contributed by atoms with Crippen molar-refractivity contribution in [1.82, 2.24) is 15.1 Å². The summed E-state index contributed by atoms with van der Waals surface area (Å²) in [5.41, 5.74) is -0.849. The summed E-state index contributed by atoms with van der Waals surface area (Å²) >= 11 is 0. The third-order valence-corrected chi connectivity index (χ3v) is 7.42. The van der Waals surface area contributed by atoms with E-state index in [0.717, 1.165) is 4.90 Å². The zero-order chi connectivity index (χ0) is 21.0. The van der Waals surface area contributed by atoms with E-state index in [1.54, 1.807) is 25.1 Å². The molecule has 1 aromatic carbocycles. The second kappa shape index (κ2) is 6.61. The van der Waals surface area contributed by atoms with Crippen LogP contribution in [0.3, 0.4) is 0 Å². The van der Waals surface area contributed by atoms with Crippen LogP contribution in [-0.2, 0) is 25.0 Å². The molecule has 0 spiro atoms. The maximum Gasteiger partial charge on any atom is 0.325 e. The van der Waals surface area contributed by atoms with Crippen molar-refractivity contribution in [3.05, 3.63) is 23.8 Å². The van der Waals surface area contributed by atoms with Crippen LogP contribution >= 0.6 is 0 Å². The van der Waals surface area contributed by atoms with Crippen molar-refractivity contribution in [2.75, 3.05) is 31.9 Å². The molecule has 3 aliphatic heterocycles. The molecule has 0 radical (unpaired) electrons. The summed E-state index contributed by atoms with van der Waals surface area (Å²) in [5.74, 6) is -0.116. The second-order valence-corrected chi connectivity index (χ2v) is 9.80. The molecule has 3 aliphatic rings. The highest BCUT2D eigenvalue weighted by Crippen LogP contribution is 2.37. The standard InChI is InChI=1S/C18H21N3O7S/c1-18(11-3-4-13-14(7-11)28-10-27-13)16(23)21(17(24)19-18)8-15(22)20(2)12-5-6-29(25,26)9-12/h3-4,7,12H,5-6,8-10H2,1-2H3,(H,19,24)/t12-,18-/m1/s1. The number of amides is 4. The van der Waals surface area contributed by atoms with Crippen molar-refractivity contribution in [2.45, 2.75) is 24.9 Å². The van der Waals surface area contributed by atoms with Crippen LogP contribution in [0.25, 0.3) is 0 Å². The lowest BCUT2D eigenvalue weighted by Gasteiger charge is -2.26. The second-order valence-electron chi connectivity index (χ2n) is 7.58. The number of carbonyl (C=O) groups excluding carboxylic acids is 3. The van der Waals surface area contributed by atoms with Crippen LogP contribution in [0.1, 0.15) is 18.9 Å². The molecule has 29 heavy (non-hydrogen) atoms. The SMILES string of the molecule is CN(C(=O)CN1C(=O)N[C@](C)(c2ccc3c(c2)OCO3)C1=O)[C@@H]1CCS(=O)(=O)C1. The van der Waals surface area contributed by atoms with Crippen LogP contribution in [0.5, 0.6) is 11.5 Å². The number of ether oxygens (including phenoxy) is 2. The number of imide groups is 1. The van der Waals surface area contributed by atoms with Crippen LogP contribution in [0.4, 0.5) is 4.79 Å². The topological polar surface area (TPSA) is 122 Å². The van der Waals surface area contributed by atoms with E-state index in [0.29, 0.717) is 23.5 Å². The zero-order valence-corrected chi connectivity index (χ0v) is 16.8. The van der Waals surface area contributed by atoms with Gasteiger partial charge in [0.15, 0.2) is 21.3 Å². The van der Waals surface area contributed by atoms with Gasteiger partial charge < -0.3 is 19.7 Å². The average Bonchev–Trinajstić information content (AvgIpc) is 3.34. The zero-order valence-electron chi connectivity index (χ0n) is 16.0. The maximum atomic E-state index is 13.0. The monoisotopic (exact) mass is 423 g/mol. The Morgan fingerprint density at radius 3 is 2.72 bits per heavy atom. The number of nitrogens with zero attached hydrogens (tertiary/aromatic N) is 2. The molecule has 156 valence electrons. The van der Waals surface area contributed by atoms with Crippen molar-refractivity contribution in [2.24, 2.45) is 0 Å². The van der Waals surface area contributed by atoms with Crippen LogP contribution in [0.15, 0.2) is 18.2 Å². The molecule has 2 atom stereocenters. The Labute approximate surface area is 167 Å². The molecule has 2 fully saturated rings. The lowest BCUT2D eigenvalue weighted by Crippen LogP contribution is -2.46. The summed E-state index contributed by atoms with van der Waals surface area (Å²) in [6.07, 6.45) is 0.347. The minimum atomic E-state index is -3.16. The number of hydrogen-bond acceptors (Lipinski definition) is 7. The summed E-state index contributed by atoms with van der Waals surface area (Å²) in [4.78, 5) is 40.3. The molecular weight excluding hydrogens is 402 g/mol. The van der Waals surface area contributed by atoms with Gasteiger partial charge in [-0.25, -0.2) is 13.2 Å². The molecule has 3 heterocycles. The molecule has 10 nitrogen and oxygen atoms in total. The van der Waals surface area contributed by atoms with Gasteiger partial charge in [0.2, 0.25) is 12.7 Å². The minimum absolute atomic E-state index is 0.0284. The van der Waals surface area contributed by atoms with Crippen LogP contribution in [-0.4, -0.2) is 74.0 Å². The molecule has 1 aromatic rings. The van der Waals surface area contributed by atoms with Crippen LogP contribution < -0.4 is 14.8 Å². The van der Waals surface area contributed by atoms with Gasteiger partial charge in [0.05, 0.1) is 11.5 Å². The molecule has 11 heteroatoms. The summed E-state index contributed by atoms with van der Waals surface area (Å²) < 4.78 is 33.9. The fourth-order valence-corrected chi connectivity index (χ4v) is 5.55. The molecule has 4 amide bonds. The van der Waals surface area contributed by atoms with Gasteiger partial charge >= 0.3 is 6.03 Å². The average molecular weight is 423 g/mol. The summed E-state index contributed by atoms with van der Waals surface area (Å²) in [5, 5.41) is 2.64. The fourth-order valence-electron chi connectivity index (χ4n) is 3.78. The molecular formula is C18H21N3O7S. The number of fused-ring (bicyclic) bond motifs is 1. The normalized spacial score (nSPS) is 27.2. The first-order valence-corrected chi connectivity index (χ1v) is 10.9. The predicted molar refractivity (Wildman–Crippen MR) is 100.0 cm³/mol. The van der Waals surface area contributed by atoms with Crippen molar-refractivity contribution in [3.8, 4) is 11.5 Å². The summed E-state index contributed by atoms with van der Waals surface area (Å²) in [6.45, 7) is 1.18. The lowest BCUT2D eigenvalue weighted by molar-refractivity contribution is -0.139. The Morgan fingerprint density at radius 1 is 1.31 bits per heavy atom.